The molecule has 0 fully saturated rings. The first kappa shape index (κ1) is 33.8. The predicted octanol–water partition coefficient (Wildman–Crippen LogP) is 14.9. The van der Waals surface area contributed by atoms with Crippen molar-refractivity contribution in [2.75, 3.05) is 4.90 Å². The minimum absolute atomic E-state index is 0.581. The van der Waals surface area contributed by atoms with Crippen LogP contribution in [-0.2, 0) is 5.41 Å². The number of hydrogen-bond acceptors (Lipinski definition) is 3. The summed E-state index contributed by atoms with van der Waals surface area (Å²) in [7, 11) is 0. The van der Waals surface area contributed by atoms with E-state index in [1.54, 1.807) is 0 Å². The molecule has 10 aromatic rings. The van der Waals surface area contributed by atoms with Crippen molar-refractivity contribution >= 4 is 50.6 Å². The van der Waals surface area contributed by atoms with E-state index in [1.165, 1.54) is 53.9 Å². The van der Waals surface area contributed by atoms with Gasteiger partial charge in [0.1, 0.15) is 11.5 Å². The summed E-state index contributed by atoms with van der Waals surface area (Å²) < 4.78 is 9.04. The molecule has 0 saturated carbocycles. The first-order valence-corrected chi connectivity index (χ1v) is 20.9. The van der Waals surface area contributed by atoms with Crippen molar-refractivity contribution < 1.29 is 4.74 Å². The van der Waals surface area contributed by atoms with E-state index >= 15 is 0 Å². The molecule has 3 nitrogen and oxygen atoms in total. The van der Waals surface area contributed by atoms with Crippen molar-refractivity contribution in [3.63, 3.8) is 0 Å². The van der Waals surface area contributed by atoms with Gasteiger partial charge in [0.15, 0.2) is 0 Å². The van der Waals surface area contributed by atoms with Gasteiger partial charge in [-0.25, -0.2) is 0 Å². The molecule has 9 aromatic carbocycles. The maximum absolute atomic E-state index is 6.65. The lowest BCUT2D eigenvalue weighted by Crippen LogP contribution is -2.36. The van der Waals surface area contributed by atoms with Crippen LogP contribution in [-0.4, -0.2) is 4.57 Å². The second-order valence-electron chi connectivity index (χ2n) is 15.2. The molecule has 0 radical (unpaired) electrons. The van der Waals surface area contributed by atoms with E-state index in [9.17, 15) is 0 Å². The highest BCUT2D eigenvalue weighted by molar-refractivity contribution is 7.99. The minimum atomic E-state index is -0.581. The molecular weight excluding hydrogens is 737 g/mol. The second-order valence-corrected chi connectivity index (χ2v) is 16.3. The van der Waals surface area contributed by atoms with Gasteiger partial charge in [-0.15, -0.1) is 0 Å². The number of rotatable bonds is 5. The van der Waals surface area contributed by atoms with Crippen LogP contribution >= 0.6 is 11.8 Å². The molecule has 0 aliphatic carbocycles. The molecular formula is C55H36N2OS. The summed E-state index contributed by atoms with van der Waals surface area (Å²) in [5, 5.41) is 2.50. The number of fused-ring (bicyclic) bond motifs is 11. The molecule has 0 atom stereocenters. The van der Waals surface area contributed by atoms with Crippen LogP contribution in [0.15, 0.2) is 228 Å². The van der Waals surface area contributed by atoms with Gasteiger partial charge in [0.2, 0.25) is 0 Å². The van der Waals surface area contributed by atoms with Crippen LogP contribution in [0.2, 0.25) is 0 Å². The number of anilines is 3. The Balaban J connectivity index is 1.04. The fourth-order valence-electron chi connectivity index (χ4n) is 9.67. The highest BCUT2D eigenvalue weighted by Gasteiger charge is 2.49. The van der Waals surface area contributed by atoms with Gasteiger partial charge >= 0.3 is 0 Å². The smallest absolute Gasteiger partial charge is 0.132 e. The first-order valence-electron chi connectivity index (χ1n) is 20.1. The third-order valence-corrected chi connectivity index (χ3v) is 13.3. The Hall–Kier alpha value is -7.27. The zero-order valence-corrected chi connectivity index (χ0v) is 32.8. The maximum atomic E-state index is 6.65. The highest BCUT2D eigenvalue weighted by atomic mass is 32.2. The van der Waals surface area contributed by atoms with Gasteiger partial charge in [-0.3, -0.25) is 0 Å². The zero-order chi connectivity index (χ0) is 38.9. The van der Waals surface area contributed by atoms with Gasteiger partial charge in [0.25, 0.3) is 0 Å². The Labute approximate surface area is 347 Å². The molecule has 0 unspecified atom stereocenters. The molecule has 3 heterocycles. The molecule has 4 heteroatoms. The topological polar surface area (TPSA) is 17.4 Å². The lowest BCUT2D eigenvalue weighted by molar-refractivity contribution is 0.431. The molecule has 1 spiro atoms. The molecule has 59 heavy (non-hydrogen) atoms. The zero-order valence-electron chi connectivity index (χ0n) is 32.0. The Morgan fingerprint density at radius 1 is 0.424 bits per heavy atom. The Bertz CT molecular complexity index is 3120. The highest BCUT2D eigenvalue weighted by Crippen LogP contribution is 2.62. The van der Waals surface area contributed by atoms with Gasteiger partial charge in [0.05, 0.1) is 16.4 Å². The molecule has 0 saturated heterocycles. The molecule has 0 amide bonds. The van der Waals surface area contributed by atoms with E-state index in [0.29, 0.717) is 0 Å². The van der Waals surface area contributed by atoms with Crippen LogP contribution in [0, 0.1) is 0 Å². The fraction of sp³-hybridized carbons (Fsp3) is 0.0182. The number of hydrogen-bond donors (Lipinski definition) is 0. The van der Waals surface area contributed by atoms with Crippen LogP contribution in [0.3, 0.4) is 0 Å². The fourth-order valence-corrected chi connectivity index (χ4v) is 10.8. The average molecular weight is 773 g/mol. The number of nitrogens with zero attached hydrogens (tertiary/aromatic N) is 2. The summed E-state index contributed by atoms with van der Waals surface area (Å²) >= 11 is 1.85. The van der Waals surface area contributed by atoms with Crippen molar-refractivity contribution in [3.05, 3.63) is 241 Å². The van der Waals surface area contributed by atoms with Crippen LogP contribution in [0.25, 0.3) is 38.6 Å². The number of ether oxygens (including phenoxy) is 1. The number of para-hydroxylation sites is 5. The van der Waals surface area contributed by atoms with Gasteiger partial charge in [-0.1, -0.05) is 145 Å². The van der Waals surface area contributed by atoms with E-state index < -0.39 is 5.41 Å². The summed E-state index contributed by atoms with van der Waals surface area (Å²) in [6.07, 6.45) is 0. The van der Waals surface area contributed by atoms with E-state index in [-0.39, 0.29) is 0 Å². The number of aromatic nitrogens is 1. The summed E-state index contributed by atoms with van der Waals surface area (Å²) in [4.78, 5) is 4.89. The van der Waals surface area contributed by atoms with Crippen LogP contribution < -0.4 is 9.64 Å². The van der Waals surface area contributed by atoms with Crippen molar-refractivity contribution in [3.8, 4) is 28.3 Å². The van der Waals surface area contributed by atoms with Crippen molar-refractivity contribution in [2.45, 2.75) is 15.2 Å². The van der Waals surface area contributed by atoms with Crippen molar-refractivity contribution in [1.29, 1.82) is 0 Å². The van der Waals surface area contributed by atoms with Crippen LogP contribution in [0.4, 0.5) is 17.1 Å². The normalized spacial score (nSPS) is 13.3. The quantitative estimate of drug-likeness (QED) is 0.173. The average Bonchev–Trinajstić information content (AvgIpc) is 3.65. The molecule has 278 valence electrons. The molecule has 12 rings (SSSR count). The second kappa shape index (κ2) is 13.4. The van der Waals surface area contributed by atoms with E-state index in [4.69, 9.17) is 4.74 Å². The molecule has 1 aromatic heterocycles. The SMILES string of the molecule is c1ccc(N(c2ccc(-c3cccc4c3c3ccccc3n4-c3ccccc3)cc2)c2ccc3c(c2)C2(c4ccccc4Oc4ccccc42)c2ccccc2S3)cc1. The van der Waals surface area contributed by atoms with Gasteiger partial charge < -0.3 is 14.2 Å². The molecule has 0 bridgehead atoms. The standard InChI is InChI=1S/C55H36N2OS/c1-3-16-38(17-4-1)56(40-32-30-37(31-33-40)42-21-15-26-49-54(42)43-20-7-11-25-48(43)57(49)39-18-5-2-6-19-39)41-34-35-53-47(36-41)55(46-24-10-14-29-52(46)59-53)44-22-8-12-27-50(44)58-51-28-13-9-23-45(51)55/h1-36H. The summed E-state index contributed by atoms with van der Waals surface area (Å²) in [5.74, 6) is 1.78. The summed E-state index contributed by atoms with van der Waals surface area (Å²) in [5.41, 5.74) is 13.5. The molecule has 2 aliphatic heterocycles. The third kappa shape index (κ3) is 5.10. The minimum Gasteiger partial charge on any atom is -0.457 e. The van der Waals surface area contributed by atoms with E-state index in [0.717, 1.165) is 45.4 Å². The van der Waals surface area contributed by atoms with E-state index in [2.05, 4.69) is 228 Å². The first-order chi connectivity index (χ1) is 29.3. The predicted molar refractivity (Wildman–Crippen MR) is 243 cm³/mol. The Morgan fingerprint density at radius 3 is 1.76 bits per heavy atom. The Morgan fingerprint density at radius 2 is 1.00 bits per heavy atom. The van der Waals surface area contributed by atoms with Crippen molar-refractivity contribution in [2.24, 2.45) is 0 Å². The molecule has 2 aliphatic rings. The van der Waals surface area contributed by atoms with Crippen LogP contribution in [0.1, 0.15) is 22.3 Å². The monoisotopic (exact) mass is 772 g/mol. The third-order valence-electron chi connectivity index (χ3n) is 12.1. The van der Waals surface area contributed by atoms with Crippen molar-refractivity contribution in [1.82, 2.24) is 4.57 Å². The number of benzene rings is 9. The van der Waals surface area contributed by atoms with Gasteiger partial charge in [-0.05, 0) is 107 Å². The largest absolute Gasteiger partial charge is 0.457 e. The molecule has 0 N–H and O–H groups in total. The lowest BCUT2D eigenvalue weighted by Gasteiger charge is -2.45. The lowest BCUT2D eigenvalue weighted by atomic mass is 9.63. The van der Waals surface area contributed by atoms with Gasteiger partial charge in [0, 0.05) is 54.4 Å². The van der Waals surface area contributed by atoms with E-state index in [1.807, 2.05) is 11.8 Å². The maximum Gasteiger partial charge on any atom is 0.132 e. The van der Waals surface area contributed by atoms with Crippen LogP contribution in [0.5, 0.6) is 11.5 Å². The summed E-state index contributed by atoms with van der Waals surface area (Å²) in [6, 6.07) is 79.0. The summed E-state index contributed by atoms with van der Waals surface area (Å²) in [6.45, 7) is 0. The Kier molecular flexibility index (Phi) is 7.69. The van der Waals surface area contributed by atoms with Gasteiger partial charge in [-0.2, -0.15) is 0 Å².